The van der Waals surface area contributed by atoms with E-state index in [2.05, 4.69) is 0 Å². The van der Waals surface area contributed by atoms with Gasteiger partial charge in [-0.25, -0.2) is 4.79 Å². The summed E-state index contributed by atoms with van der Waals surface area (Å²) in [5.74, 6) is 0.613. The van der Waals surface area contributed by atoms with Crippen LogP contribution in [0.2, 0.25) is 0 Å². The number of nitriles is 1. The van der Waals surface area contributed by atoms with Crippen molar-refractivity contribution in [1.82, 2.24) is 0 Å². The molecule has 0 bridgehead atoms. The van der Waals surface area contributed by atoms with Crippen molar-refractivity contribution in [1.29, 1.82) is 5.26 Å². The maximum Gasteiger partial charge on any atom is 0.414 e. The number of carbonyl (C=O) groups is 1. The first kappa shape index (κ1) is 11.3. The average Bonchev–Trinajstić information content (AvgIpc) is 2.70. The Labute approximate surface area is 99.2 Å². The summed E-state index contributed by atoms with van der Waals surface area (Å²) in [7, 11) is 1.55. The molecule has 1 atom stereocenters. The largest absolute Gasteiger partial charge is 0.495 e. The molecule has 1 aliphatic heterocycles. The lowest BCUT2D eigenvalue weighted by Crippen LogP contribution is -2.24. The summed E-state index contributed by atoms with van der Waals surface area (Å²) in [6.07, 6.45) is -0.593. The van der Waals surface area contributed by atoms with Gasteiger partial charge >= 0.3 is 6.09 Å². The minimum absolute atomic E-state index is 0.206. The third-order valence-electron chi connectivity index (χ3n) is 2.57. The monoisotopic (exact) mass is 232 g/mol. The van der Waals surface area contributed by atoms with E-state index in [1.54, 1.807) is 19.2 Å². The lowest BCUT2D eigenvalue weighted by Gasteiger charge is -2.15. The average molecular weight is 232 g/mol. The molecule has 1 heterocycles. The lowest BCUT2D eigenvalue weighted by molar-refractivity contribution is 0.143. The number of hydrogen-bond acceptors (Lipinski definition) is 4. The quantitative estimate of drug-likeness (QED) is 0.798. The number of hydrogen-bond donors (Lipinski definition) is 0. The molecule has 5 heteroatoms. The molecule has 2 rings (SSSR count). The molecule has 1 fully saturated rings. The molecule has 5 nitrogen and oxygen atoms in total. The SMILES string of the molecule is COc1ccccc1N1CC(CC#N)OC1=O. The van der Waals surface area contributed by atoms with Crippen molar-refractivity contribution in [3.63, 3.8) is 0 Å². The predicted octanol–water partition coefficient (Wildman–Crippen LogP) is 1.93. The topological polar surface area (TPSA) is 62.6 Å². The van der Waals surface area contributed by atoms with Crippen LogP contribution in [0.3, 0.4) is 0 Å². The van der Waals surface area contributed by atoms with E-state index in [1.165, 1.54) is 4.90 Å². The van der Waals surface area contributed by atoms with Crippen LogP contribution in [0.5, 0.6) is 5.75 Å². The summed E-state index contributed by atoms with van der Waals surface area (Å²) in [6.45, 7) is 0.382. The summed E-state index contributed by atoms with van der Waals surface area (Å²) in [4.78, 5) is 13.2. The van der Waals surface area contributed by atoms with Gasteiger partial charge in [0.2, 0.25) is 0 Å². The fraction of sp³-hybridized carbons (Fsp3) is 0.333. The fourth-order valence-corrected chi connectivity index (χ4v) is 1.78. The standard InChI is InChI=1S/C12H12N2O3/c1-16-11-5-3-2-4-10(11)14-8-9(6-7-13)17-12(14)15/h2-5,9H,6,8H2,1H3. The van der Waals surface area contributed by atoms with Crippen molar-refractivity contribution >= 4 is 11.8 Å². The van der Waals surface area contributed by atoms with Crippen LogP contribution >= 0.6 is 0 Å². The van der Waals surface area contributed by atoms with Crippen molar-refractivity contribution in [2.24, 2.45) is 0 Å². The summed E-state index contributed by atoms with van der Waals surface area (Å²) in [5, 5.41) is 8.59. The van der Waals surface area contributed by atoms with E-state index in [0.717, 1.165) is 0 Å². The highest BCUT2D eigenvalue weighted by Crippen LogP contribution is 2.31. The summed E-state index contributed by atoms with van der Waals surface area (Å²) < 4.78 is 10.3. The second-order valence-electron chi connectivity index (χ2n) is 3.65. The van der Waals surface area contributed by atoms with Crippen molar-refractivity contribution in [3.05, 3.63) is 24.3 Å². The number of benzene rings is 1. The Morgan fingerprint density at radius 1 is 1.59 bits per heavy atom. The van der Waals surface area contributed by atoms with E-state index in [4.69, 9.17) is 14.7 Å². The number of nitrogens with zero attached hydrogens (tertiary/aromatic N) is 2. The van der Waals surface area contributed by atoms with Gasteiger partial charge in [0.25, 0.3) is 0 Å². The van der Waals surface area contributed by atoms with E-state index >= 15 is 0 Å². The number of amides is 1. The zero-order valence-corrected chi connectivity index (χ0v) is 9.42. The third kappa shape index (κ3) is 2.16. The first-order chi connectivity index (χ1) is 8.26. The lowest BCUT2D eigenvalue weighted by atomic mass is 10.2. The van der Waals surface area contributed by atoms with Gasteiger partial charge in [0.1, 0.15) is 11.9 Å². The highest BCUT2D eigenvalue weighted by atomic mass is 16.6. The van der Waals surface area contributed by atoms with Gasteiger partial charge < -0.3 is 9.47 Å². The van der Waals surface area contributed by atoms with Crippen LogP contribution in [0, 0.1) is 11.3 Å². The normalized spacial score (nSPS) is 18.7. The summed E-state index contributed by atoms with van der Waals surface area (Å²) in [6, 6.07) is 9.21. The maximum atomic E-state index is 11.7. The first-order valence-electron chi connectivity index (χ1n) is 5.24. The summed E-state index contributed by atoms with van der Waals surface area (Å²) in [5.41, 5.74) is 0.667. The molecule has 1 aliphatic rings. The van der Waals surface area contributed by atoms with E-state index in [9.17, 15) is 4.79 Å². The maximum absolute atomic E-state index is 11.7. The molecule has 0 radical (unpaired) electrons. The molecule has 0 N–H and O–H groups in total. The van der Waals surface area contributed by atoms with Crippen LogP contribution in [-0.4, -0.2) is 25.9 Å². The Hall–Kier alpha value is -2.22. The van der Waals surface area contributed by atoms with Crippen LogP contribution in [0.1, 0.15) is 6.42 Å². The molecule has 0 saturated carbocycles. The molecule has 1 aromatic carbocycles. The van der Waals surface area contributed by atoms with E-state index in [1.807, 2.05) is 18.2 Å². The smallest absolute Gasteiger partial charge is 0.414 e. The Kier molecular flexibility index (Phi) is 3.15. The Morgan fingerprint density at radius 2 is 2.35 bits per heavy atom. The number of rotatable bonds is 3. The third-order valence-corrected chi connectivity index (χ3v) is 2.57. The second kappa shape index (κ2) is 4.74. The molecule has 0 aromatic heterocycles. The minimum Gasteiger partial charge on any atom is -0.495 e. The Balaban J connectivity index is 2.23. The van der Waals surface area contributed by atoms with E-state index < -0.39 is 6.09 Å². The number of carbonyl (C=O) groups excluding carboxylic acids is 1. The molecule has 88 valence electrons. The molecule has 0 spiro atoms. The van der Waals surface area contributed by atoms with Gasteiger partial charge in [-0.3, -0.25) is 4.90 Å². The highest BCUT2D eigenvalue weighted by Gasteiger charge is 2.33. The van der Waals surface area contributed by atoms with Gasteiger partial charge in [0, 0.05) is 0 Å². The molecule has 1 amide bonds. The molecule has 1 saturated heterocycles. The van der Waals surface area contributed by atoms with Crippen molar-refractivity contribution in [2.45, 2.75) is 12.5 Å². The van der Waals surface area contributed by atoms with Gasteiger partial charge in [0.15, 0.2) is 0 Å². The highest BCUT2D eigenvalue weighted by molar-refractivity contribution is 5.91. The molecular weight excluding hydrogens is 220 g/mol. The van der Waals surface area contributed by atoms with Gasteiger partial charge in [0.05, 0.1) is 31.8 Å². The van der Waals surface area contributed by atoms with E-state index in [-0.39, 0.29) is 12.5 Å². The molecule has 1 unspecified atom stereocenters. The van der Waals surface area contributed by atoms with Crippen LogP contribution in [0.25, 0.3) is 0 Å². The van der Waals surface area contributed by atoms with Gasteiger partial charge in [-0.2, -0.15) is 5.26 Å². The fourth-order valence-electron chi connectivity index (χ4n) is 1.78. The zero-order chi connectivity index (χ0) is 12.3. The molecule has 1 aromatic rings. The zero-order valence-electron chi connectivity index (χ0n) is 9.42. The Bertz CT molecular complexity index is 467. The van der Waals surface area contributed by atoms with Crippen LogP contribution < -0.4 is 9.64 Å². The van der Waals surface area contributed by atoms with Crippen molar-refractivity contribution in [2.75, 3.05) is 18.6 Å². The first-order valence-corrected chi connectivity index (χ1v) is 5.24. The van der Waals surface area contributed by atoms with Gasteiger partial charge in [-0.05, 0) is 12.1 Å². The van der Waals surface area contributed by atoms with Crippen LogP contribution in [0.4, 0.5) is 10.5 Å². The summed E-state index contributed by atoms with van der Waals surface area (Å²) >= 11 is 0. The number of cyclic esters (lactones) is 1. The minimum atomic E-state index is -0.435. The number of ether oxygens (including phenoxy) is 2. The molecular formula is C12H12N2O3. The second-order valence-corrected chi connectivity index (χ2v) is 3.65. The van der Waals surface area contributed by atoms with Gasteiger partial charge in [-0.1, -0.05) is 12.1 Å². The number of para-hydroxylation sites is 2. The number of anilines is 1. The predicted molar refractivity (Wildman–Crippen MR) is 60.8 cm³/mol. The van der Waals surface area contributed by atoms with E-state index in [0.29, 0.717) is 18.0 Å². The molecule has 0 aliphatic carbocycles. The van der Waals surface area contributed by atoms with Crippen molar-refractivity contribution in [3.8, 4) is 11.8 Å². The Morgan fingerprint density at radius 3 is 3.06 bits per heavy atom. The van der Waals surface area contributed by atoms with Crippen LogP contribution in [0.15, 0.2) is 24.3 Å². The molecule has 17 heavy (non-hydrogen) atoms. The van der Waals surface area contributed by atoms with Gasteiger partial charge in [-0.15, -0.1) is 0 Å². The van der Waals surface area contributed by atoms with Crippen molar-refractivity contribution < 1.29 is 14.3 Å². The van der Waals surface area contributed by atoms with Crippen LogP contribution in [-0.2, 0) is 4.74 Å². The number of methoxy groups -OCH3 is 1.